The lowest BCUT2D eigenvalue weighted by atomic mass is 10.4. The van der Waals surface area contributed by atoms with Crippen molar-refractivity contribution in [3.8, 4) is 0 Å². The molecule has 0 atom stereocenters. The molecule has 0 aromatic carbocycles. The normalized spacial score (nSPS) is 15.3. The molecular weight excluding hydrogens is 248 g/mol. The van der Waals surface area contributed by atoms with Gasteiger partial charge in [-0.05, 0) is 12.8 Å². The van der Waals surface area contributed by atoms with E-state index in [0.717, 1.165) is 5.82 Å². The van der Waals surface area contributed by atoms with Gasteiger partial charge in [0.2, 0.25) is 0 Å². The molecule has 1 aliphatic rings. The Morgan fingerprint density at radius 1 is 1.37 bits per heavy atom. The predicted molar refractivity (Wildman–Crippen MR) is 67.6 cm³/mol. The molecule has 2 aromatic rings. The van der Waals surface area contributed by atoms with Gasteiger partial charge in [-0.1, -0.05) is 5.21 Å². The number of anilines is 1. The predicted octanol–water partition coefficient (Wildman–Crippen LogP) is 0.414. The zero-order chi connectivity index (χ0) is 13.2. The molecule has 8 heteroatoms. The van der Waals surface area contributed by atoms with Gasteiger partial charge >= 0.3 is 0 Å². The summed E-state index contributed by atoms with van der Waals surface area (Å²) in [7, 11) is 3.17. The summed E-state index contributed by atoms with van der Waals surface area (Å²) in [5.41, 5.74) is 1.36. The van der Waals surface area contributed by atoms with Gasteiger partial charge < -0.3 is 14.8 Å². The van der Waals surface area contributed by atoms with Gasteiger partial charge in [0.1, 0.15) is 6.33 Å². The molecule has 2 aromatic heterocycles. The van der Waals surface area contributed by atoms with Crippen LogP contribution >= 0.6 is 0 Å². The summed E-state index contributed by atoms with van der Waals surface area (Å²) in [6, 6.07) is 0.508. The fourth-order valence-corrected chi connectivity index (χ4v) is 1.83. The van der Waals surface area contributed by atoms with Crippen molar-refractivity contribution in [2.24, 2.45) is 0 Å². The van der Waals surface area contributed by atoms with Gasteiger partial charge in [-0.15, -0.1) is 5.10 Å². The Labute approximate surface area is 110 Å². The van der Waals surface area contributed by atoms with Crippen molar-refractivity contribution in [2.75, 3.05) is 19.5 Å². The van der Waals surface area contributed by atoms with Crippen molar-refractivity contribution in [2.45, 2.75) is 31.7 Å². The number of methoxy groups -OCH3 is 2. The Bertz CT molecular complexity index is 563. The van der Waals surface area contributed by atoms with Gasteiger partial charge in [-0.25, -0.2) is 14.6 Å². The van der Waals surface area contributed by atoms with Crippen LogP contribution in [0.25, 0.3) is 11.2 Å². The first kappa shape index (κ1) is 12.2. The standard InChI is InChI=1S/C11H16N6O2/c1-18-8(19-2)5-17-11-9(15-16-17)10(12-6-13-11)14-7-3-4-7/h6-8H,3-5H2,1-2H3,(H,12,13,14). The molecule has 1 aliphatic carbocycles. The maximum Gasteiger partial charge on any atom is 0.184 e. The van der Waals surface area contributed by atoms with Crippen LogP contribution in [0.1, 0.15) is 12.8 Å². The number of fused-ring (bicyclic) bond motifs is 1. The maximum atomic E-state index is 5.16. The first-order valence-electron chi connectivity index (χ1n) is 6.18. The number of nitrogens with zero attached hydrogens (tertiary/aromatic N) is 5. The lowest BCUT2D eigenvalue weighted by molar-refractivity contribution is -0.112. The van der Waals surface area contributed by atoms with Crippen molar-refractivity contribution < 1.29 is 9.47 Å². The van der Waals surface area contributed by atoms with Gasteiger partial charge in [0, 0.05) is 20.3 Å². The van der Waals surface area contributed by atoms with Gasteiger partial charge in [-0.2, -0.15) is 0 Å². The molecule has 0 saturated heterocycles. The van der Waals surface area contributed by atoms with E-state index in [-0.39, 0.29) is 6.29 Å². The topological polar surface area (TPSA) is 87.0 Å². The van der Waals surface area contributed by atoms with Crippen LogP contribution in [-0.4, -0.2) is 51.5 Å². The molecule has 0 spiro atoms. The van der Waals surface area contributed by atoms with E-state index in [1.807, 2.05) is 0 Å². The van der Waals surface area contributed by atoms with Gasteiger partial charge in [0.05, 0.1) is 6.54 Å². The van der Waals surface area contributed by atoms with Crippen molar-refractivity contribution in [3.63, 3.8) is 0 Å². The minimum atomic E-state index is -0.375. The van der Waals surface area contributed by atoms with Crippen molar-refractivity contribution in [1.29, 1.82) is 0 Å². The molecule has 0 bridgehead atoms. The number of rotatable bonds is 6. The zero-order valence-corrected chi connectivity index (χ0v) is 10.9. The average Bonchev–Trinajstić information content (AvgIpc) is 3.16. The fraction of sp³-hybridized carbons (Fsp3) is 0.636. The minimum absolute atomic E-state index is 0.375. The van der Waals surface area contributed by atoms with Crippen LogP contribution in [0.4, 0.5) is 5.82 Å². The number of hydrogen-bond acceptors (Lipinski definition) is 7. The van der Waals surface area contributed by atoms with E-state index < -0.39 is 0 Å². The van der Waals surface area contributed by atoms with E-state index in [4.69, 9.17) is 9.47 Å². The van der Waals surface area contributed by atoms with Crippen LogP contribution in [0.15, 0.2) is 6.33 Å². The molecule has 19 heavy (non-hydrogen) atoms. The van der Waals surface area contributed by atoms with E-state index >= 15 is 0 Å². The molecule has 102 valence electrons. The lowest BCUT2D eigenvalue weighted by Gasteiger charge is -2.12. The second kappa shape index (κ2) is 5.06. The van der Waals surface area contributed by atoms with Crippen molar-refractivity contribution in [1.82, 2.24) is 25.0 Å². The quantitative estimate of drug-likeness (QED) is 0.756. The van der Waals surface area contributed by atoms with E-state index in [0.29, 0.717) is 23.8 Å². The molecule has 1 N–H and O–H groups in total. The Kier molecular flexibility index (Phi) is 3.26. The number of nitrogens with one attached hydrogen (secondary N) is 1. The van der Waals surface area contributed by atoms with Crippen LogP contribution in [0.2, 0.25) is 0 Å². The van der Waals surface area contributed by atoms with Crippen LogP contribution in [0.3, 0.4) is 0 Å². The van der Waals surface area contributed by atoms with Gasteiger partial charge in [0.15, 0.2) is 23.3 Å². The average molecular weight is 264 g/mol. The third kappa shape index (κ3) is 2.49. The number of ether oxygens (including phenoxy) is 2. The second-order valence-electron chi connectivity index (χ2n) is 4.49. The summed E-state index contributed by atoms with van der Waals surface area (Å²) in [4.78, 5) is 8.45. The van der Waals surface area contributed by atoms with Crippen LogP contribution in [0, 0.1) is 0 Å². The number of hydrogen-bond donors (Lipinski definition) is 1. The van der Waals surface area contributed by atoms with E-state index in [9.17, 15) is 0 Å². The van der Waals surface area contributed by atoms with Crippen molar-refractivity contribution >= 4 is 17.0 Å². The van der Waals surface area contributed by atoms with Crippen LogP contribution in [-0.2, 0) is 16.0 Å². The summed E-state index contributed by atoms with van der Waals surface area (Å²) < 4.78 is 12.0. The monoisotopic (exact) mass is 264 g/mol. The van der Waals surface area contributed by atoms with E-state index in [1.54, 1.807) is 18.9 Å². The summed E-state index contributed by atoms with van der Waals surface area (Å²) >= 11 is 0. The van der Waals surface area contributed by atoms with Gasteiger partial charge in [0.25, 0.3) is 0 Å². The molecule has 8 nitrogen and oxygen atoms in total. The third-order valence-corrected chi connectivity index (χ3v) is 3.07. The summed E-state index contributed by atoms with van der Waals surface area (Å²) in [6.07, 6.45) is 3.49. The molecule has 2 heterocycles. The first-order chi connectivity index (χ1) is 9.31. The Morgan fingerprint density at radius 2 is 2.16 bits per heavy atom. The molecule has 0 amide bonds. The third-order valence-electron chi connectivity index (χ3n) is 3.07. The molecular formula is C11H16N6O2. The minimum Gasteiger partial charge on any atom is -0.365 e. The Morgan fingerprint density at radius 3 is 2.84 bits per heavy atom. The first-order valence-corrected chi connectivity index (χ1v) is 6.18. The summed E-state index contributed by atoms with van der Waals surface area (Å²) in [5, 5.41) is 11.5. The molecule has 1 saturated carbocycles. The molecule has 0 unspecified atom stereocenters. The summed E-state index contributed by atoms with van der Waals surface area (Å²) in [6.45, 7) is 0.434. The largest absolute Gasteiger partial charge is 0.365 e. The van der Waals surface area contributed by atoms with Crippen LogP contribution in [0.5, 0.6) is 0 Å². The van der Waals surface area contributed by atoms with Crippen molar-refractivity contribution in [3.05, 3.63) is 6.33 Å². The Hall–Kier alpha value is -1.80. The number of aromatic nitrogens is 5. The molecule has 0 radical (unpaired) electrons. The highest BCUT2D eigenvalue weighted by molar-refractivity contribution is 5.82. The molecule has 0 aliphatic heterocycles. The van der Waals surface area contributed by atoms with E-state index in [1.165, 1.54) is 19.2 Å². The van der Waals surface area contributed by atoms with Gasteiger partial charge in [-0.3, -0.25) is 0 Å². The zero-order valence-electron chi connectivity index (χ0n) is 10.9. The molecule has 1 fully saturated rings. The summed E-state index contributed by atoms with van der Waals surface area (Å²) in [5.74, 6) is 0.741. The lowest BCUT2D eigenvalue weighted by Crippen LogP contribution is -2.21. The SMILES string of the molecule is COC(Cn1nnc2c(NC3CC3)ncnc21)OC. The Balaban J connectivity index is 1.89. The maximum absolute atomic E-state index is 5.16. The van der Waals surface area contributed by atoms with Crippen LogP contribution < -0.4 is 5.32 Å². The highest BCUT2D eigenvalue weighted by atomic mass is 16.7. The molecule has 3 rings (SSSR count). The van der Waals surface area contributed by atoms with E-state index in [2.05, 4.69) is 25.6 Å². The second-order valence-corrected chi connectivity index (χ2v) is 4.49. The fourth-order valence-electron chi connectivity index (χ4n) is 1.83. The smallest absolute Gasteiger partial charge is 0.184 e. The highest BCUT2D eigenvalue weighted by Crippen LogP contribution is 2.26. The highest BCUT2D eigenvalue weighted by Gasteiger charge is 2.23.